The van der Waals surface area contributed by atoms with Crippen molar-refractivity contribution in [3.63, 3.8) is 0 Å². The summed E-state index contributed by atoms with van der Waals surface area (Å²) in [5, 5.41) is 3.50. The van der Waals surface area contributed by atoms with Gasteiger partial charge in [0.2, 0.25) is 0 Å². The summed E-state index contributed by atoms with van der Waals surface area (Å²) < 4.78 is 1.05. The van der Waals surface area contributed by atoms with Crippen LogP contribution in [0.5, 0.6) is 0 Å². The lowest BCUT2D eigenvalue weighted by molar-refractivity contribution is 0.439. The van der Waals surface area contributed by atoms with Crippen LogP contribution >= 0.6 is 15.9 Å². The van der Waals surface area contributed by atoms with E-state index in [0.29, 0.717) is 0 Å². The monoisotopic (exact) mass is 268 g/mol. The number of nitrogens with zero attached hydrogens (tertiary/aromatic N) is 1. The van der Waals surface area contributed by atoms with Crippen molar-refractivity contribution in [1.82, 2.24) is 4.98 Å². The Morgan fingerprint density at radius 1 is 1.53 bits per heavy atom. The van der Waals surface area contributed by atoms with E-state index >= 15 is 0 Å². The fourth-order valence-electron chi connectivity index (χ4n) is 2.29. The maximum absolute atomic E-state index is 4.05. The van der Waals surface area contributed by atoms with Crippen LogP contribution < -0.4 is 5.32 Å². The van der Waals surface area contributed by atoms with Gasteiger partial charge in [-0.3, -0.25) is 4.98 Å². The molecule has 15 heavy (non-hydrogen) atoms. The van der Waals surface area contributed by atoms with Crippen molar-refractivity contribution >= 4 is 21.6 Å². The molecule has 0 spiro atoms. The van der Waals surface area contributed by atoms with Crippen molar-refractivity contribution in [3.8, 4) is 0 Å². The van der Waals surface area contributed by atoms with E-state index in [9.17, 15) is 0 Å². The fourth-order valence-corrected chi connectivity index (χ4v) is 2.68. The summed E-state index contributed by atoms with van der Waals surface area (Å²) in [5.41, 5.74) is 1.16. The van der Waals surface area contributed by atoms with Crippen molar-refractivity contribution in [3.05, 3.63) is 22.9 Å². The zero-order chi connectivity index (χ0) is 10.7. The molecule has 1 fully saturated rings. The predicted molar refractivity (Wildman–Crippen MR) is 66.9 cm³/mol. The van der Waals surface area contributed by atoms with Crippen LogP contribution in [0.2, 0.25) is 0 Å². The summed E-state index contributed by atoms with van der Waals surface area (Å²) in [6, 6.07) is 2.02. The number of aromatic nitrogens is 1. The second-order valence-corrected chi connectivity index (χ2v) is 5.26. The summed E-state index contributed by atoms with van der Waals surface area (Å²) >= 11 is 3.50. The maximum Gasteiger partial charge on any atom is 0.0590 e. The molecule has 82 valence electrons. The molecule has 0 aliphatic heterocycles. The summed E-state index contributed by atoms with van der Waals surface area (Å²) in [6.45, 7) is 3.45. The first-order valence-corrected chi connectivity index (χ1v) is 6.40. The maximum atomic E-state index is 4.05. The highest BCUT2D eigenvalue weighted by atomic mass is 79.9. The van der Waals surface area contributed by atoms with Crippen LogP contribution in [-0.4, -0.2) is 11.5 Å². The van der Waals surface area contributed by atoms with E-state index in [-0.39, 0.29) is 0 Å². The Kier molecular flexibility index (Phi) is 3.62. The molecule has 0 aromatic carbocycles. The topological polar surface area (TPSA) is 24.9 Å². The average molecular weight is 269 g/mol. The molecule has 2 nitrogen and oxygen atoms in total. The number of anilines is 1. The molecule has 0 radical (unpaired) electrons. The number of nitrogens with one attached hydrogen (secondary N) is 1. The molecular formula is C12H17BrN2. The van der Waals surface area contributed by atoms with E-state index < -0.39 is 0 Å². The number of hydrogen-bond acceptors (Lipinski definition) is 2. The number of hydrogen-bond donors (Lipinski definition) is 1. The first-order valence-electron chi connectivity index (χ1n) is 5.61. The van der Waals surface area contributed by atoms with E-state index in [4.69, 9.17) is 0 Å². The minimum Gasteiger partial charge on any atom is -0.384 e. The van der Waals surface area contributed by atoms with Gasteiger partial charge in [-0.25, -0.2) is 0 Å². The third kappa shape index (κ3) is 2.71. The fraction of sp³-hybridized carbons (Fsp3) is 0.583. The Labute approximate surface area is 99.6 Å². The van der Waals surface area contributed by atoms with E-state index in [1.165, 1.54) is 19.3 Å². The van der Waals surface area contributed by atoms with E-state index in [1.807, 2.05) is 18.5 Å². The second-order valence-electron chi connectivity index (χ2n) is 4.40. The summed E-state index contributed by atoms with van der Waals surface area (Å²) in [5.74, 6) is 1.71. The molecule has 3 heteroatoms. The molecule has 2 rings (SSSR count). The first-order chi connectivity index (χ1) is 7.27. The quantitative estimate of drug-likeness (QED) is 0.905. The van der Waals surface area contributed by atoms with Crippen molar-refractivity contribution in [2.75, 3.05) is 11.9 Å². The van der Waals surface area contributed by atoms with Crippen LogP contribution in [-0.2, 0) is 0 Å². The molecule has 0 amide bonds. The van der Waals surface area contributed by atoms with Gasteiger partial charge in [0.1, 0.15) is 0 Å². The minimum absolute atomic E-state index is 0.838. The van der Waals surface area contributed by atoms with Crippen LogP contribution in [0.25, 0.3) is 0 Å². The molecule has 1 aromatic rings. The Bertz CT molecular complexity index is 327. The molecular weight excluding hydrogens is 252 g/mol. The minimum atomic E-state index is 0.838. The van der Waals surface area contributed by atoms with E-state index in [0.717, 1.165) is 28.5 Å². The Morgan fingerprint density at radius 2 is 2.40 bits per heavy atom. The van der Waals surface area contributed by atoms with Gasteiger partial charge in [0.05, 0.1) is 10.2 Å². The molecule has 2 unspecified atom stereocenters. The third-order valence-electron chi connectivity index (χ3n) is 3.37. The summed E-state index contributed by atoms with van der Waals surface area (Å²) in [6.07, 6.45) is 7.82. The molecule has 2 atom stereocenters. The van der Waals surface area contributed by atoms with Gasteiger partial charge >= 0.3 is 0 Å². The molecule has 1 N–H and O–H groups in total. The second kappa shape index (κ2) is 4.97. The molecule has 0 saturated heterocycles. The number of rotatable bonds is 3. The highest BCUT2D eigenvalue weighted by molar-refractivity contribution is 9.10. The van der Waals surface area contributed by atoms with Gasteiger partial charge in [-0.15, -0.1) is 0 Å². The van der Waals surface area contributed by atoms with Gasteiger partial charge in [-0.1, -0.05) is 19.8 Å². The SMILES string of the molecule is CC1CCCC1CNc1ccncc1Br. The Hall–Kier alpha value is -0.570. The van der Waals surface area contributed by atoms with Crippen LogP contribution in [0.3, 0.4) is 0 Å². The molecule has 1 aliphatic carbocycles. The predicted octanol–water partition coefficient (Wildman–Crippen LogP) is 3.69. The number of pyridine rings is 1. The van der Waals surface area contributed by atoms with Gasteiger partial charge in [-0.05, 0) is 40.3 Å². The lowest BCUT2D eigenvalue weighted by Crippen LogP contribution is -2.16. The van der Waals surface area contributed by atoms with Gasteiger partial charge in [0.15, 0.2) is 0 Å². The molecule has 0 bridgehead atoms. The van der Waals surface area contributed by atoms with Crippen LogP contribution in [0.4, 0.5) is 5.69 Å². The van der Waals surface area contributed by atoms with Crippen molar-refractivity contribution in [1.29, 1.82) is 0 Å². The first kappa shape index (κ1) is 10.9. The van der Waals surface area contributed by atoms with Gasteiger partial charge < -0.3 is 5.32 Å². The van der Waals surface area contributed by atoms with Crippen LogP contribution in [0.1, 0.15) is 26.2 Å². The van der Waals surface area contributed by atoms with E-state index in [2.05, 4.69) is 33.2 Å². The van der Waals surface area contributed by atoms with Crippen molar-refractivity contribution in [2.24, 2.45) is 11.8 Å². The van der Waals surface area contributed by atoms with Crippen molar-refractivity contribution in [2.45, 2.75) is 26.2 Å². The Morgan fingerprint density at radius 3 is 3.07 bits per heavy atom. The van der Waals surface area contributed by atoms with Gasteiger partial charge in [0.25, 0.3) is 0 Å². The molecule has 1 heterocycles. The normalized spacial score (nSPS) is 25.5. The highest BCUT2D eigenvalue weighted by Gasteiger charge is 2.22. The van der Waals surface area contributed by atoms with E-state index in [1.54, 1.807) is 0 Å². The largest absolute Gasteiger partial charge is 0.384 e. The van der Waals surface area contributed by atoms with Crippen molar-refractivity contribution < 1.29 is 0 Å². The number of halogens is 1. The van der Waals surface area contributed by atoms with Gasteiger partial charge in [-0.2, -0.15) is 0 Å². The average Bonchev–Trinajstić information content (AvgIpc) is 2.63. The smallest absolute Gasteiger partial charge is 0.0590 e. The zero-order valence-electron chi connectivity index (χ0n) is 9.04. The molecule has 1 saturated carbocycles. The summed E-state index contributed by atoms with van der Waals surface area (Å²) in [4.78, 5) is 4.05. The lowest BCUT2D eigenvalue weighted by atomic mass is 9.98. The zero-order valence-corrected chi connectivity index (χ0v) is 10.6. The van der Waals surface area contributed by atoms with Crippen LogP contribution in [0.15, 0.2) is 22.9 Å². The Balaban J connectivity index is 1.90. The highest BCUT2D eigenvalue weighted by Crippen LogP contribution is 2.31. The lowest BCUT2D eigenvalue weighted by Gasteiger charge is -2.17. The third-order valence-corrected chi connectivity index (χ3v) is 4.00. The van der Waals surface area contributed by atoms with Crippen LogP contribution in [0, 0.1) is 11.8 Å². The van der Waals surface area contributed by atoms with Gasteiger partial charge in [0, 0.05) is 18.9 Å². The molecule has 1 aromatic heterocycles. The summed E-state index contributed by atoms with van der Waals surface area (Å²) in [7, 11) is 0. The molecule has 1 aliphatic rings. The standard InChI is InChI=1S/C12H17BrN2/c1-9-3-2-4-10(9)7-15-12-5-6-14-8-11(12)13/h5-6,8-10H,2-4,7H2,1H3,(H,14,15).